The van der Waals surface area contributed by atoms with Crippen LogP contribution in [-0.2, 0) is 9.59 Å². The van der Waals surface area contributed by atoms with Gasteiger partial charge >= 0.3 is 0 Å². The molecule has 0 radical (unpaired) electrons. The number of carbonyl (C=O) groups is 2. The molecule has 0 bridgehead atoms. The van der Waals surface area contributed by atoms with E-state index in [4.69, 9.17) is 0 Å². The van der Waals surface area contributed by atoms with E-state index in [2.05, 4.69) is 10.2 Å². The van der Waals surface area contributed by atoms with Gasteiger partial charge in [0.2, 0.25) is 11.8 Å². The van der Waals surface area contributed by atoms with Crippen LogP contribution in [-0.4, -0.2) is 71.9 Å². The largest absolute Gasteiger partial charge is 0.353 e. The lowest BCUT2D eigenvalue weighted by molar-refractivity contribution is -0.137. The van der Waals surface area contributed by atoms with Crippen molar-refractivity contribution in [2.75, 3.05) is 44.2 Å². The summed E-state index contributed by atoms with van der Waals surface area (Å²) in [5.41, 5.74) is 0. The first kappa shape index (κ1) is 16.6. The number of nitrogens with zero attached hydrogens (tertiary/aromatic N) is 2. The zero-order valence-electron chi connectivity index (χ0n) is 13.1. The van der Waals surface area contributed by atoms with Crippen LogP contribution >= 0.6 is 11.8 Å². The summed E-state index contributed by atoms with van der Waals surface area (Å²) >= 11 is 1.92. The number of thioether (sulfide) groups is 1. The van der Waals surface area contributed by atoms with Gasteiger partial charge in [-0.2, -0.15) is 11.8 Å². The van der Waals surface area contributed by atoms with Crippen LogP contribution in [0.1, 0.15) is 26.7 Å². The molecule has 2 amide bonds. The number of rotatable bonds is 4. The molecule has 0 aromatic rings. The average molecular weight is 313 g/mol. The van der Waals surface area contributed by atoms with Crippen molar-refractivity contribution in [3.63, 3.8) is 0 Å². The van der Waals surface area contributed by atoms with E-state index >= 15 is 0 Å². The van der Waals surface area contributed by atoms with E-state index in [1.165, 1.54) is 0 Å². The predicted molar refractivity (Wildman–Crippen MR) is 86.3 cm³/mol. The lowest BCUT2D eigenvalue weighted by Gasteiger charge is -2.35. The maximum atomic E-state index is 12.6. The Morgan fingerprint density at radius 1 is 1.24 bits per heavy atom. The van der Waals surface area contributed by atoms with Crippen molar-refractivity contribution in [1.29, 1.82) is 0 Å². The molecule has 1 atom stereocenters. The van der Waals surface area contributed by atoms with Crippen LogP contribution in [0.4, 0.5) is 0 Å². The molecule has 1 N–H and O–H groups in total. The number of likely N-dealkylation sites (tertiary alicyclic amines) is 1. The fourth-order valence-corrected chi connectivity index (χ4v) is 3.92. The Hall–Kier alpha value is -0.750. The summed E-state index contributed by atoms with van der Waals surface area (Å²) in [7, 11) is 0. The number of nitrogens with one attached hydrogen (secondary N) is 1. The minimum atomic E-state index is 0.0625. The third-order valence-electron chi connectivity index (χ3n) is 3.99. The molecule has 2 saturated heterocycles. The maximum Gasteiger partial charge on any atom is 0.234 e. The van der Waals surface area contributed by atoms with Gasteiger partial charge in [0.25, 0.3) is 0 Å². The molecule has 2 aliphatic rings. The second kappa shape index (κ2) is 8.03. The predicted octanol–water partition coefficient (Wildman–Crippen LogP) is 0.798. The van der Waals surface area contributed by atoms with Gasteiger partial charge in [-0.1, -0.05) is 0 Å². The number of piperidine rings is 1. The van der Waals surface area contributed by atoms with Crippen LogP contribution < -0.4 is 5.32 Å². The molecule has 0 saturated carbocycles. The number of amides is 2. The van der Waals surface area contributed by atoms with Gasteiger partial charge in [0.05, 0.1) is 12.5 Å². The summed E-state index contributed by atoms with van der Waals surface area (Å²) in [6, 6.07) is 0.172. The van der Waals surface area contributed by atoms with Gasteiger partial charge in [-0.25, -0.2) is 0 Å². The van der Waals surface area contributed by atoms with Gasteiger partial charge in [-0.3, -0.25) is 14.5 Å². The average Bonchev–Trinajstić information content (AvgIpc) is 2.46. The fourth-order valence-electron chi connectivity index (χ4n) is 3.01. The topological polar surface area (TPSA) is 52.7 Å². The highest BCUT2D eigenvalue weighted by molar-refractivity contribution is 7.99. The Morgan fingerprint density at radius 2 is 1.95 bits per heavy atom. The van der Waals surface area contributed by atoms with E-state index < -0.39 is 0 Å². The number of hydrogen-bond donors (Lipinski definition) is 1. The van der Waals surface area contributed by atoms with Crippen LogP contribution in [0.3, 0.4) is 0 Å². The highest BCUT2D eigenvalue weighted by Crippen LogP contribution is 2.20. The summed E-state index contributed by atoms with van der Waals surface area (Å²) in [6.45, 7) is 7.77. The van der Waals surface area contributed by atoms with E-state index in [0.29, 0.717) is 12.5 Å². The monoisotopic (exact) mass is 313 g/mol. The smallest absolute Gasteiger partial charge is 0.234 e. The molecule has 120 valence electrons. The molecular formula is C15H27N3O2S. The Morgan fingerprint density at radius 3 is 2.62 bits per heavy atom. The highest BCUT2D eigenvalue weighted by Gasteiger charge is 2.30. The van der Waals surface area contributed by atoms with Gasteiger partial charge in [-0.05, 0) is 33.2 Å². The third kappa shape index (κ3) is 5.18. The van der Waals surface area contributed by atoms with Crippen LogP contribution in [0.25, 0.3) is 0 Å². The Balaban J connectivity index is 1.82. The van der Waals surface area contributed by atoms with E-state index in [-0.39, 0.29) is 17.9 Å². The standard InChI is InChI=1S/C15H27N3O2S/c1-12(2)16-14(19)11-17-5-3-4-13(10-17)15(20)18-6-8-21-9-7-18/h12-13H,3-11H2,1-2H3,(H,16,19). The van der Waals surface area contributed by atoms with Crippen molar-refractivity contribution in [2.45, 2.75) is 32.7 Å². The molecule has 0 aromatic heterocycles. The van der Waals surface area contributed by atoms with E-state index in [9.17, 15) is 9.59 Å². The summed E-state index contributed by atoms with van der Waals surface area (Å²) in [5, 5.41) is 2.92. The Bertz CT molecular complexity index is 370. The Kier molecular flexibility index (Phi) is 6.36. The van der Waals surface area contributed by atoms with Gasteiger partial charge in [0, 0.05) is 37.2 Å². The van der Waals surface area contributed by atoms with E-state index in [1.54, 1.807) is 0 Å². The normalized spacial score (nSPS) is 24.1. The first-order valence-electron chi connectivity index (χ1n) is 7.94. The van der Waals surface area contributed by atoms with Crippen molar-refractivity contribution >= 4 is 23.6 Å². The van der Waals surface area contributed by atoms with Gasteiger partial charge in [-0.15, -0.1) is 0 Å². The number of carbonyl (C=O) groups excluding carboxylic acids is 2. The second-order valence-electron chi connectivity index (χ2n) is 6.23. The molecule has 6 heteroatoms. The number of hydrogen-bond acceptors (Lipinski definition) is 4. The minimum absolute atomic E-state index is 0.0625. The quantitative estimate of drug-likeness (QED) is 0.834. The molecule has 5 nitrogen and oxygen atoms in total. The molecule has 1 unspecified atom stereocenters. The molecule has 0 aromatic carbocycles. The first-order valence-corrected chi connectivity index (χ1v) is 9.10. The molecule has 2 rings (SSSR count). The van der Waals surface area contributed by atoms with Crippen molar-refractivity contribution in [3.8, 4) is 0 Å². The molecule has 2 aliphatic heterocycles. The lowest BCUT2D eigenvalue weighted by Crippen LogP contribution is -2.49. The minimum Gasteiger partial charge on any atom is -0.353 e. The van der Waals surface area contributed by atoms with Gasteiger partial charge in [0.15, 0.2) is 0 Å². The zero-order valence-corrected chi connectivity index (χ0v) is 14.0. The van der Waals surface area contributed by atoms with Crippen molar-refractivity contribution in [2.24, 2.45) is 5.92 Å². The van der Waals surface area contributed by atoms with Crippen LogP contribution in [0.2, 0.25) is 0 Å². The van der Waals surface area contributed by atoms with E-state index in [0.717, 1.165) is 50.5 Å². The zero-order chi connectivity index (χ0) is 15.2. The molecule has 2 heterocycles. The van der Waals surface area contributed by atoms with Crippen LogP contribution in [0.15, 0.2) is 0 Å². The highest BCUT2D eigenvalue weighted by atomic mass is 32.2. The maximum absolute atomic E-state index is 12.6. The van der Waals surface area contributed by atoms with Crippen LogP contribution in [0, 0.1) is 5.92 Å². The van der Waals surface area contributed by atoms with Crippen molar-refractivity contribution < 1.29 is 9.59 Å². The Labute approximate surface area is 131 Å². The third-order valence-corrected chi connectivity index (χ3v) is 4.94. The summed E-state index contributed by atoms with van der Waals surface area (Å²) < 4.78 is 0. The molecule has 21 heavy (non-hydrogen) atoms. The first-order chi connectivity index (χ1) is 10.1. The molecule has 0 aliphatic carbocycles. The van der Waals surface area contributed by atoms with Crippen LogP contribution in [0.5, 0.6) is 0 Å². The van der Waals surface area contributed by atoms with Crippen molar-refractivity contribution in [1.82, 2.24) is 15.1 Å². The van der Waals surface area contributed by atoms with Crippen molar-refractivity contribution in [3.05, 3.63) is 0 Å². The lowest BCUT2D eigenvalue weighted by atomic mass is 9.96. The molecule has 2 fully saturated rings. The fraction of sp³-hybridized carbons (Fsp3) is 0.867. The summed E-state index contributed by atoms with van der Waals surface area (Å²) in [5.74, 6) is 2.54. The summed E-state index contributed by atoms with van der Waals surface area (Å²) in [4.78, 5) is 28.5. The SMILES string of the molecule is CC(C)NC(=O)CN1CCCC(C(=O)N2CCSCC2)C1. The van der Waals surface area contributed by atoms with Gasteiger partial charge in [0.1, 0.15) is 0 Å². The van der Waals surface area contributed by atoms with E-state index in [1.807, 2.05) is 30.5 Å². The molecular weight excluding hydrogens is 286 g/mol. The molecule has 0 spiro atoms. The van der Waals surface area contributed by atoms with Gasteiger partial charge < -0.3 is 10.2 Å². The second-order valence-corrected chi connectivity index (χ2v) is 7.46. The summed E-state index contributed by atoms with van der Waals surface area (Å²) in [6.07, 6.45) is 1.97.